The van der Waals surface area contributed by atoms with Gasteiger partial charge in [-0.3, -0.25) is 4.90 Å². The Balaban J connectivity index is 1.61. The van der Waals surface area contributed by atoms with E-state index in [0.29, 0.717) is 0 Å². The van der Waals surface area contributed by atoms with Crippen molar-refractivity contribution in [3.8, 4) is 17.0 Å². The molecule has 3 fully saturated rings. The predicted molar refractivity (Wildman–Crippen MR) is 125 cm³/mol. The number of aryl methyl sites for hydroxylation is 1. The van der Waals surface area contributed by atoms with Crippen molar-refractivity contribution in [2.75, 3.05) is 20.2 Å². The number of nitrogens with zero attached hydrogens (tertiary/aromatic N) is 2. The van der Waals surface area contributed by atoms with E-state index in [2.05, 4.69) is 49.1 Å². The van der Waals surface area contributed by atoms with E-state index < -0.39 is 6.10 Å². The van der Waals surface area contributed by atoms with Crippen molar-refractivity contribution in [2.24, 2.45) is 11.8 Å². The summed E-state index contributed by atoms with van der Waals surface area (Å²) in [4.78, 5) is 7.49. The largest absolute Gasteiger partial charge is 0.497 e. The molecule has 162 valence electrons. The van der Waals surface area contributed by atoms with E-state index in [4.69, 9.17) is 9.72 Å². The molecule has 0 spiro atoms. The van der Waals surface area contributed by atoms with Crippen molar-refractivity contribution in [3.05, 3.63) is 59.7 Å². The third-order valence-electron chi connectivity index (χ3n) is 7.61. The molecule has 1 N–H and O–H groups in total. The Hall–Kier alpha value is -2.43. The minimum atomic E-state index is -0.541. The summed E-state index contributed by atoms with van der Waals surface area (Å²) < 4.78 is 5.49. The van der Waals surface area contributed by atoms with Crippen molar-refractivity contribution < 1.29 is 9.84 Å². The summed E-state index contributed by atoms with van der Waals surface area (Å²) in [6.07, 6.45) is 3.03. The fourth-order valence-electron chi connectivity index (χ4n) is 5.78. The van der Waals surface area contributed by atoms with Crippen LogP contribution in [-0.2, 0) is 0 Å². The number of piperidine rings is 3. The zero-order valence-corrected chi connectivity index (χ0v) is 18.7. The van der Waals surface area contributed by atoms with Crippen LogP contribution in [0.1, 0.15) is 43.4 Å². The van der Waals surface area contributed by atoms with Crippen LogP contribution in [0.2, 0.25) is 0 Å². The highest BCUT2D eigenvalue weighted by molar-refractivity contribution is 5.87. The number of benzene rings is 2. The number of hydrogen-bond acceptors (Lipinski definition) is 4. The molecule has 0 aliphatic carbocycles. The lowest BCUT2D eigenvalue weighted by atomic mass is 9.72. The molecular weight excluding hydrogens is 384 g/mol. The molecule has 0 amide bonds. The summed E-state index contributed by atoms with van der Waals surface area (Å²) in [5, 5.41) is 12.7. The van der Waals surface area contributed by atoms with Crippen LogP contribution in [0.5, 0.6) is 5.75 Å². The van der Waals surface area contributed by atoms with Crippen molar-refractivity contribution in [1.82, 2.24) is 9.88 Å². The van der Waals surface area contributed by atoms with Gasteiger partial charge in [0.25, 0.3) is 0 Å². The second kappa shape index (κ2) is 8.25. The second-order valence-corrected chi connectivity index (χ2v) is 9.25. The first-order valence-electron chi connectivity index (χ1n) is 11.6. The third kappa shape index (κ3) is 3.62. The zero-order valence-electron chi connectivity index (χ0n) is 18.7. The van der Waals surface area contributed by atoms with Crippen molar-refractivity contribution in [1.29, 1.82) is 0 Å². The SMILES string of the molecule is CC[C@H]1CN2CC[C@H]1C[C@H]2[C@H](O)c1cc(-c2ccccc2C)nc2ccc(OC)cc12. The van der Waals surface area contributed by atoms with Gasteiger partial charge in [0.15, 0.2) is 0 Å². The highest BCUT2D eigenvalue weighted by Crippen LogP contribution is 2.43. The zero-order chi connectivity index (χ0) is 21.5. The van der Waals surface area contributed by atoms with E-state index in [1.54, 1.807) is 7.11 Å². The highest BCUT2D eigenvalue weighted by Gasteiger charge is 2.42. The Labute approximate surface area is 184 Å². The Kier molecular flexibility index (Phi) is 5.45. The molecule has 4 heterocycles. The van der Waals surface area contributed by atoms with Gasteiger partial charge in [-0.1, -0.05) is 37.6 Å². The van der Waals surface area contributed by atoms with Crippen LogP contribution in [-0.4, -0.2) is 41.2 Å². The van der Waals surface area contributed by atoms with Gasteiger partial charge in [-0.15, -0.1) is 0 Å². The first-order chi connectivity index (χ1) is 15.1. The fourth-order valence-corrected chi connectivity index (χ4v) is 5.78. The number of fused-ring (bicyclic) bond motifs is 4. The van der Waals surface area contributed by atoms with E-state index in [1.165, 1.54) is 18.4 Å². The molecule has 0 radical (unpaired) electrons. The maximum absolute atomic E-state index is 11.7. The van der Waals surface area contributed by atoms with Gasteiger partial charge in [-0.25, -0.2) is 4.98 Å². The molecule has 0 saturated carbocycles. The van der Waals surface area contributed by atoms with Crippen molar-refractivity contribution in [3.63, 3.8) is 0 Å². The van der Waals surface area contributed by atoms with Gasteiger partial charge in [-0.05, 0) is 73.5 Å². The molecule has 1 aromatic heterocycles. The minimum absolute atomic E-state index is 0.170. The van der Waals surface area contributed by atoms with Gasteiger partial charge in [0, 0.05) is 23.5 Å². The number of ether oxygens (including phenoxy) is 1. The molecule has 3 saturated heterocycles. The number of aliphatic hydroxyl groups excluding tert-OH is 1. The molecule has 1 unspecified atom stereocenters. The van der Waals surface area contributed by atoms with Crippen molar-refractivity contribution in [2.45, 2.75) is 45.3 Å². The first-order valence-corrected chi connectivity index (χ1v) is 11.6. The standard InChI is InChI=1S/C27H32N2O2/c1-4-18-16-29-12-11-19(18)13-26(29)27(30)23-15-25(21-8-6-5-7-17(21)2)28-24-10-9-20(31-3)14-22(23)24/h5-10,14-15,18-19,26-27,30H,4,11-13,16H2,1-3H3/t18-,19-,26-,27+/m0/s1. The van der Waals surface area contributed by atoms with Gasteiger partial charge in [-0.2, -0.15) is 0 Å². The average molecular weight is 417 g/mol. The average Bonchev–Trinajstić information content (AvgIpc) is 2.83. The number of aromatic nitrogens is 1. The van der Waals surface area contributed by atoms with E-state index in [0.717, 1.165) is 64.8 Å². The normalized spacial score (nSPS) is 26.2. The molecule has 3 aliphatic rings. The Morgan fingerprint density at radius 2 is 2.03 bits per heavy atom. The summed E-state index contributed by atoms with van der Waals surface area (Å²) in [7, 11) is 1.68. The second-order valence-electron chi connectivity index (χ2n) is 9.25. The van der Waals surface area contributed by atoms with Crippen LogP contribution in [0, 0.1) is 18.8 Å². The summed E-state index contributed by atoms with van der Waals surface area (Å²) in [5.41, 5.74) is 5.10. The molecule has 31 heavy (non-hydrogen) atoms. The summed E-state index contributed by atoms with van der Waals surface area (Å²) in [5.74, 6) is 2.30. The molecule has 4 heteroatoms. The summed E-state index contributed by atoms with van der Waals surface area (Å²) in [6, 6.07) is 16.6. The molecule has 4 nitrogen and oxygen atoms in total. The monoisotopic (exact) mass is 416 g/mol. The topological polar surface area (TPSA) is 45.6 Å². The third-order valence-corrected chi connectivity index (χ3v) is 7.61. The molecule has 6 rings (SSSR count). The molecule has 3 aromatic rings. The van der Waals surface area contributed by atoms with Gasteiger partial charge in [0.05, 0.1) is 24.4 Å². The Morgan fingerprint density at radius 1 is 1.19 bits per heavy atom. The van der Waals surface area contributed by atoms with Crippen LogP contribution in [0.15, 0.2) is 48.5 Å². The maximum Gasteiger partial charge on any atom is 0.119 e. The number of aliphatic hydroxyl groups is 1. The molecular formula is C27H32N2O2. The smallest absolute Gasteiger partial charge is 0.119 e. The van der Waals surface area contributed by atoms with Crippen molar-refractivity contribution >= 4 is 10.9 Å². The van der Waals surface area contributed by atoms with Crippen LogP contribution in [0.25, 0.3) is 22.2 Å². The van der Waals surface area contributed by atoms with Crippen LogP contribution >= 0.6 is 0 Å². The minimum Gasteiger partial charge on any atom is -0.497 e. The van der Waals surface area contributed by atoms with Gasteiger partial charge < -0.3 is 9.84 Å². The first kappa shape index (κ1) is 20.5. The number of methoxy groups -OCH3 is 1. The summed E-state index contributed by atoms with van der Waals surface area (Å²) >= 11 is 0. The molecule has 2 aromatic carbocycles. The number of rotatable bonds is 5. The van der Waals surface area contributed by atoms with E-state index >= 15 is 0 Å². The lowest BCUT2D eigenvalue weighted by Gasteiger charge is -2.51. The lowest BCUT2D eigenvalue weighted by Crippen LogP contribution is -2.55. The maximum atomic E-state index is 11.7. The predicted octanol–water partition coefficient (Wildman–Crippen LogP) is 5.37. The van der Waals surface area contributed by atoms with Gasteiger partial charge >= 0.3 is 0 Å². The fraction of sp³-hybridized carbons (Fsp3) is 0.444. The Morgan fingerprint density at radius 3 is 2.74 bits per heavy atom. The number of pyridine rings is 1. The van der Waals surface area contributed by atoms with Crippen LogP contribution in [0.3, 0.4) is 0 Å². The number of hydrogen-bond donors (Lipinski definition) is 1. The highest BCUT2D eigenvalue weighted by atomic mass is 16.5. The van der Waals surface area contributed by atoms with Gasteiger partial charge in [0.2, 0.25) is 0 Å². The Bertz CT molecular complexity index is 1100. The van der Waals surface area contributed by atoms with Gasteiger partial charge in [0.1, 0.15) is 5.75 Å². The van der Waals surface area contributed by atoms with E-state index in [1.807, 2.05) is 18.2 Å². The quantitative estimate of drug-likeness (QED) is 0.607. The summed E-state index contributed by atoms with van der Waals surface area (Å²) in [6.45, 7) is 6.62. The molecule has 2 bridgehead atoms. The lowest BCUT2D eigenvalue weighted by molar-refractivity contribution is -0.0562. The van der Waals surface area contributed by atoms with Crippen LogP contribution in [0.4, 0.5) is 0 Å². The molecule has 5 atom stereocenters. The van der Waals surface area contributed by atoms with E-state index in [-0.39, 0.29) is 6.04 Å². The van der Waals surface area contributed by atoms with Crippen LogP contribution < -0.4 is 4.74 Å². The molecule has 3 aliphatic heterocycles. The van der Waals surface area contributed by atoms with E-state index in [9.17, 15) is 5.11 Å².